The lowest BCUT2D eigenvalue weighted by molar-refractivity contribution is 0.0766. The highest BCUT2D eigenvalue weighted by Crippen LogP contribution is 2.34. The van der Waals surface area contributed by atoms with Crippen LogP contribution in [0.25, 0.3) is 0 Å². The van der Waals surface area contributed by atoms with Gasteiger partial charge >= 0.3 is 0 Å². The quantitative estimate of drug-likeness (QED) is 0.732. The minimum Gasteiger partial charge on any atom is -0.338 e. The van der Waals surface area contributed by atoms with E-state index in [9.17, 15) is 18.0 Å². The first kappa shape index (κ1) is 19.6. The number of hydrogen-bond acceptors (Lipinski definition) is 4. The highest BCUT2D eigenvalue weighted by Gasteiger charge is 2.33. The molecule has 0 bridgehead atoms. The Labute approximate surface area is 163 Å². The second-order valence-electron chi connectivity index (χ2n) is 6.59. The van der Waals surface area contributed by atoms with Gasteiger partial charge in [0.15, 0.2) is 15.6 Å². The summed E-state index contributed by atoms with van der Waals surface area (Å²) in [5.74, 6) is -0.419. The fourth-order valence-corrected chi connectivity index (χ4v) is 5.41. The third kappa shape index (κ3) is 4.22. The van der Waals surface area contributed by atoms with Gasteiger partial charge in [-0.15, -0.1) is 0 Å². The van der Waals surface area contributed by atoms with Gasteiger partial charge in [0.25, 0.3) is 5.91 Å². The molecule has 1 heterocycles. The van der Waals surface area contributed by atoms with Crippen molar-refractivity contribution in [3.8, 4) is 0 Å². The molecule has 0 saturated carbocycles. The fourth-order valence-electron chi connectivity index (χ4n) is 3.26. The number of carbonyl (C=O) groups excluding carboxylic acids is 2. The summed E-state index contributed by atoms with van der Waals surface area (Å²) in [5.41, 5.74) is 1.55. The molecule has 0 radical (unpaired) electrons. The van der Waals surface area contributed by atoms with E-state index in [4.69, 9.17) is 11.6 Å². The van der Waals surface area contributed by atoms with Gasteiger partial charge in [-0.3, -0.25) is 9.59 Å². The molecule has 1 amide bonds. The summed E-state index contributed by atoms with van der Waals surface area (Å²) in [6.07, 6.45) is 0.295. The number of benzene rings is 2. The third-order valence-electron chi connectivity index (χ3n) is 4.82. The van der Waals surface area contributed by atoms with E-state index in [1.54, 1.807) is 53.4 Å². The molecule has 27 heavy (non-hydrogen) atoms. The van der Waals surface area contributed by atoms with Crippen LogP contribution in [-0.2, 0) is 9.84 Å². The van der Waals surface area contributed by atoms with Crippen molar-refractivity contribution in [2.75, 3.05) is 18.8 Å². The largest absolute Gasteiger partial charge is 0.338 e. The Balaban J connectivity index is 1.81. The number of Topliss-reactive ketones (excluding diaryl/α,β-unsaturated/α-hetero) is 1. The normalized spacial score (nSPS) is 19.3. The van der Waals surface area contributed by atoms with Crippen LogP contribution in [-0.4, -0.2) is 43.9 Å². The van der Waals surface area contributed by atoms with Crippen molar-refractivity contribution in [3.05, 3.63) is 70.2 Å². The topological polar surface area (TPSA) is 71.5 Å². The maximum atomic E-state index is 12.8. The van der Waals surface area contributed by atoms with Gasteiger partial charge < -0.3 is 4.90 Å². The number of nitrogens with zero attached hydrogens (tertiary/aromatic N) is 1. The SMILES string of the molecule is CC(=O)c1ccc(C(=O)N2CCC(c3ccccc3Cl)S(=O)(=O)CC2)cc1. The van der Waals surface area contributed by atoms with Crippen LogP contribution in [0.4, 0.5) is 0 Å². The van der Waals surface area contributed by atoms with E-state index in [0.29, 0.717) is 34.7 Å². The second kappa shape index (κ2) is 7.82. The number of ketones is 1. The van der Waals surface area contributed by atoms with Crippen molar-refractivity contribution in [2.45, 2.75) is 18.6 Å². The predicted octanol–water partition coefficient (Wildman–Crippen LogP) is 3.54. The molecular formula is C20H20ClNO4S. The molecule has 1 aliphatic rings. The molecule has 1 saturated heterocycles. The molecule has 2 aromatic carbocycles. The highest BCUT2D eigenvalue weighted by atomic mass is 35.5. The smallest absolute Gasteiger partial charge is 0.253 e. The molecular weight excluding hydrogens is 386 g/mol. The molecule has 1 unspecified atom stereocenters. The van der Waals surface area contributed by atoms with Crippen LogP contribution in [0.3, 0.4) is 0 Å². The zero-order chi connectivity index (χ0) is 19.6. The Morgan fingerprint density at radius 3 is 2.26 bits per heavy atom. The maximum Gasteiger partial charge on any atom is 0.253 e. The number of carbonyl (C=O) groups is 2. The number of amides is 1. The van der Waals surface area contributed by atoms with Crippen molar-refractivity contribution in [1.29, 1.82) is 0 Å². The van der Waals surface area contributed by atoms with Crippen LogP contribution in [0.2, 0.25) is 5.02 Å². The molecule has 2 aromatic rings. The average molecular weight is 406 g/mol. The van der Waals surface area contributed by atoms with Gasteiger partial charge in [-0.25, -0.2) is 8.42 Å². The average Bonchev–Trinajstić information content (AvgIpc) is 2.80. The summed E-state index contributed by atoms with van der Waals surface area (Å²) in [4.78, 5) is 25.7. The van der Waals surface area contributed by atoms with Gasteiger partial charge in [-0.05, 0) is 37.1 Å². The Kier molecular flexibility index (Phi) is 5.67. The van der Waals surface area contributed by atoms with Crippen LogP contribution in [0.5, 0.6) is 0 Å². The molecule has 3 rings (SSSR count). The molecule has 1 fully saturated rings. The Hall–Kier alpha value is -2.18. The first-order valence-corrected chi connectivity index (χ1v) is 10.8. The third-order valence-corrected chi connectivity index (χ3v) is 7.27. The lowest BCUT2D eigenvalue weighted by Crippen LogP contribution is -2.33. The number of halogens is 1. The van der Waals surface area contributed by atoms with E-state index >= 15 is 0 Å². The minimum absolute atomic E-state index is 0.0718. The van der Waals surface area contributed by atoms with E-state index in [2.05, 4.69) is 0 Å². The van der Waals surface area contributed by atoms with E-state index in [0.717, 1.165) is 0 Å². The number of sulfone groups is 1. The molecule has 0 aromatic heterocycles. The molecule has 0 N–H and O–H groups in total. The molecule has 0 spiro atoms. The van der Waals surface area contributed by atoms with Crippen molar-refractivity contribution in [2.24, 2.45) is 0 Å². The summed E-state index contributed by atoms with van der Waals surface area (Å²) in [7, 11) is -3.43. The lowest BCUT2D eigenvalue weighted by atomic mass is 10.1. The molecule has 7 heteroatoms. The molecule has 5 nitrogen and oxygen atoms in total. The lowest BCUT2D eigenvalue weighted by Gasteiger charge is -2.20. The minimum atomic E-state index is -3.43. The van der Waals surface area contributed by atoms with Crippen LogP contribution in [0.1, 0.15) is 44.9 Å². The fraction of sp³-hybridized carbons (Fsp3) is 0.300. The van der Waals surface area contributed by atoms with Crippen LogP contribution in [0, 0.1) is 0 Å². The zero-order valence-electron chi connectivity index (χ0n) is 14.9. The maximum absolute atomic E-state index is 12.8. The summed E-state index contributed by atoms with van der Waals surface area (Å²) in [6.45, 7) is 1.92. The van der Waals surface area contributed by atoms with E-state index in [-0.39, 0.29) is 24.0 Å². The van der Waals surface area contributed by atoms with E-state index in [1.807, 2.05) is 0 Å². The predicted molar refractivity (Wildman–Crippen MR) is 105 cm³/mol. The Morgan fingerprint density at radius 1 is 1.00 bits per heavy atom. The van der Waals surface area contributed by atoms with Crippen molar-refractivity contribution in [1.82, 2.24) is 4.90 Å². The van der Waals surface area contributed by atoms with Gasteiger partial charge in [-0.1, -0.05) is 41.9 Å². The highest BCUT2D eigenvalue weighted by molar-refractivity contribution is 7.91. The second-order valence-corrected chi connectivity index (χ2v) is 9.30. The molecule has 0 aliphatic carbocycles. The monoisotopic (exact) mass is 405 g/mol. The first-order chi connectivity index (χ1) is 12.8. The van der Waals surface area contributed by atoms with Gasteiger partial charge in [0.2, 0.25) is 0 Å². The van der Waals surface area contributed by atoms with Gasteiger partial charge in [0.05, 0.1) is 11.0 Å². The van der Waals surface area contributed by atoms with Crippen molar-refractivity contribution >= 4 is 33.1 Å². The number of hydrogen-bond donors (Lipinski definition) is 0. The van der Waals surface area contributed by atoms with Crippen LogP contribution in [0.15, 0.2) is 48.5 Å². The molecule has 1 atom stereocenters. The van der Waals surface area contributed by atoms with Crippen molar-refractivity contribution < 1.29 is 18.0 Å². The van der Waals surface area contributed by atoms with Crippen LogP contribution < -0.4 is 0 Å². The van der Waals surface area contributed by atoms with E-state index in [1.165, 1.54) is 6.92 Å². The van der Waals surface area contributed by atoms with Crippen LogP contribution >= 0.6 is 11.6 Å². The first-order valence-electron chi connectivity index (χ1n) is 8.66. The summed E-state index contributed by atoms with van der Waals surface area (Å²) in [5, 5.41) is -0.297. The van der Waals surface area contributed by atoms with Crippen molar-refractivity contribution in [3.63, 3.8) is 0 Å². The van der Waals surface area contributed by atoms with E-state index < -0.39 is 15.1 Å². The summed E-state index contributed by atoms with van der Waals surface area (Å²) < 4.78 is 25.5. The number of rotatable bonds is 3. The summed E-state index contributed by atoms with van der Waals surface area (Å²) >= 11 is 6.20. The zero-order valence-corrected chi connectivity index (χ0v) is 16.5. The Morgan fingerprint density at radius 2 is 1.63 bits per heavy atom. The Bertz CT molecular complexity index is 970. The summed E-state index contributed by atoms with van der Waals surface area (Å²) in [6, 6.07) is 13.3. The molecule has 1 aliphatic heterocycles. The van der Waals surface area contributed by atoms with Gasteiger partial charge in [0, 0.05) is 29.2 Å². The molecule has 142 valence electrons. The standard InChI is InChI=1S/C20H20ClNO4S/c1-14(23)15-6-8-16(9-7-15)20(24)22-11-10-19(27(25,26)13-12-22)17-4-2-3-5-18(17)21/h2-9,19H,10-13H2,1H3. The van der Waals surface area contributed by atoms with Gasteiger partial charge in [0.1, 0.15) is 0 Å². The van der Waals surface area contributed by atoms with Gasteiger partial charge in [-0.2, -0.15) is 0 Å².